The molecule has 1 aromatic rings. The first kappa shape index (κ1) is 10.8. The third-order valence-corrected chi connectivity index (χ3v) is 1.81. The fraction of sp³-hybridized carbons (Fsp3) is 0.333. The van der Waals surface area contributed by atoms with Gasteiger partial charge in [0.25, 0.3) is 0 Å². The second-order valence-electron chi connectivity index (χ2n) is 2.53. The molecule has 1 rings (SSSR count). The van der Waals surface area contributed by atoms with Gasteiger partial charge >= 0.3 is 0 Å². The van der Waals surface area contributed by atoms with E-state index < -0.39 is 0 Å². The van der Waals surface area contributed by atoms with Gasteiger partial charge in [0, 0.05) is 0 Å². The van der Waals surface area contributed by atoms with E-state index in [0.29, 0.717) is 0 Å². The second kappa shape index (κ2) is 6.49. The molecule has 0 aliphatic heterocycles. The summed E-state index contributed by atoms with van der Waals surface area (Å²) in [6, 6.07) is 8.77. The third kappa shape index (κ3) is 3.25. The van der Waals surface area contributed by atoms with Crippen molar-refractivity contribution in [3.8, 4) is 12.8 Å². The van der Waals surface area contributed by atoms with Gasteiger partial charge in [-0.2, -0.15) is 0 Å². The molecule has 0 aromatic heterocycles. The molecule has 12 heavy (non-hydrogen) atoms. The van der Waals surface area contributed by atoms with Gasteiger partial charge in [-0.15, -0.1) is 12.8 Å². The molecule has 0 N–H and O–H groups in total. The zero-order chi connectivity index (χ0) is 9.40. The van der Waals surface area contributed by atoms with Crippen LogP contribution in [0.25, 0.3) is 0 Å². The fourth-order valence-electron chi connectivity index (χ4n) is 1.07. The summed E-state index contributed by atoms with van der Waals surface area (Å²) in [6.45, 7) is 4.38. The first-order valence-corrected chi connectivity index (χ1v) is 4.28. The Hall–Kier alpha value is -1.22. The summed E-state index contributed by atoms with van der Waals surface area (Å²) in [5.74, 6) is 0. The van der Waals surface area contributed by atoms with E-state index in [1.54, 1.807) is 0 Å². The number of benzene rings is 1. The van der Waals surface area contributed by atoms with Crippen LogP contribution in [0, 0.1) is 12.8 Å². The van der Waals surface area contributed by atoms with Crippen LogP contribution in [-0.2, 0) is 12.8 Å². The second-order valence-corrected chi connectivity index (χ2v) is 2.53. The van der Waals surface area contributed by atoms with E-state index in [0.717, 1.165) is 12.8 Å². The van der Waals surface area contributed by atoms with Crippen LogP contribution in [0.4, 0.5) is 0 Å². The van der Waals surface area contributed by atoms with Gasteiger partial charge in [-0.25, -0.2) is 0 Å². The monoisotopic (exact) mass is 160 g/mol. The first-order valence-electron chi connectivity index (χ1n) is 4.28. The number of hydrogen-bond donors (Lipinski definition) is 0. The molecule has 0 amide bonds. The Labute approximate surface area is 75.6 Å². The predicted molar refractivity (Wildman–Crippen MR) is 55.1 cm³/mol. The average molecular weight is 160 g/mol. The molecule has 1 aromatic carbocycles. The fourth-order valence-corrected chi connectivity index (χ4v) is 1.07. The van der Waals surface area contributed by atoms with E-state index in [1.807, 2.05) is 0 Å². The maximum absolute atomic E-state index is 4.00. The van der Waals surface area contributed by atoms with Gasteiger partial charge in [0.15, 0.2) is 0 Å². The molecule has 0 saturated heterocycles. The van der Waals surface area contributed by atoms with E-state index in [9.17, 15) is 0 Å². The molecule has 0 aliphatic rings. The van der Waals surface area contributed by atoms with Gasteiger partial charge < -0.3 is 0 Å². The molecule has 64 valence electrons. The van der Waals surface area contributed by atoms with Crippen molar-refractivity contribution < 1.29 is 0 Å². The van der Waals surface area contributed by atoms with Crippen LogP contribution in [0.2, 0.25) is 0 Å². The Balaban J connectivity index is 0.000000561. The lowest BCUT2D eigenvalue weighted by molar-refractivity contribution is 1.09. The number of rotatable bonds is 2. The molecule has 0 bridgehead atoms. The van der Waals surface area contributed by atoms with Crippen LogP contribution in [0.1, 0.15) is 25.0 Å². The maximum atomic E-state index is 4.00. The molecule has 0 atom stereocenters. The van der Waals surface area contributed by atoms with Crippen molar-refractivity contribution in [3.05, 3.63) is 35.4 Å². The van der Waals surface area contributed by atoms with Gasteiger partial charge in [-0.3, -0.25) is 0 Å². The van der Waals surface area contributed by atoms with Crippen molar-refractivity contribution in [3.63, 3.8) is 0 Å². The van der Waals surface area contributed by atoms with E-state index in [-0.39, 0.29) is 0 Å². The largest absolute Gasteiger partial charge is 0.124 e. The molecule has 0 heterocycles. The predicted octanol–water partition coefficient (Wildman–Crippen LogP) is 3.06. The molecule has 0 radical (unpaired) electrons. The topological polar surface area (TPSA) is 0 Å². The van der Waals surface area contributed by atoms with Gasteiger partial charge in [0.1, 0.15) is 0 Å². The summed E-state index contributed by atoms with van der Waals surface area (Å²) >= 11 is 0. The van der Waals surface area contributed by atoms with Crippen molar-refractivity contribution in [1.29, 1.82) is 0 Å². The highest BCUT2D eigenvalue weighted by atomic mass is 13.9. The van der Waals surface area contributed by atoms with Crippen LogP contribution in [0.5, 0.6) is 0 Å². The normalized spacial score (nSPS) is 8.33. The molecular weight excluding hydrogens is 144 g/mol. The summed E-state index contributed by atoms with van der Waals surface area (Å²) in [5, 5.41) is 0. The summed E-state index contributed by atoms with van der Waals surface area (Å²) in [7, 11) is 0. The Bertz CT molecular complexity index is 214. The average Bonchev–Trinajstić information content (AvgIpc) is 2.21. The summed E-state index contributed by atoms with van der Waals surface area (Å²) in [5.41, 5.74) is 2.89. The molecule has 0 spiro atoms. The molecular formula is C12H16. The Kier molecular flexibility index (Phi) is 5.83. The molecule has 0 fully saturated rings. The standard InChI is InChI=1S/C10H14.C2H2/c1-3-9-6-5-7-10(4-2)8-9;1-2/h5-8H,3-4H2,1-2H3;1-2H. The lowest BCUT2D eigenvalue weighted by Crippen LogP contribution is -1.83. The number of hydrogen-bond acceptors (Lipinski definition) is 0. The SMILES string of the molecule is C#C.CCc1cccc(CC)c1. The highest BCUT2D eigenvalue weighted by Gasteiger charge is 1.89. The smallest absolute Gasteiger partial charge is 0.0307 e. The lowest BCUT2D eigenvalue weighted by Gasteiger charge is -1.98. The minimum atomic E-state index is 1.15. The van der Waals surface area contributed by atoms with Crippen molar-refractivity contribution in [2.45, 2.75) is 26.7 Å². The molecule has 0 aliphatic carbocycles. The minimum absolute atomic E-state index is 1.15. The zero-order valence-corrected chi connectivity index (χ0v) is 7.88. The number of aryl methyl sites for hydroxylation is 2. The van der Waals surface area contributed by atoms with Crippen molar-refractivity contribution in [1.82, 2.24) is 0 Å². The van der Waals surface area contributed by atoms with E-state index >= 15 is 0 Å². The lowest BCUT2D eigenvalue weighted by atomic mass is 10.1. The third-order valence-electron chi connectivity index (χ3n) is 1.81. The van der Waals surface area contributed by atoms with Gasteiger partial charge in [0.05, 0.1) is 0 Å². The Morgan fingerprint density at radius 3 is 1.75 bits per heavy atom. The van der Waals surface area contributed by atoms with Crippen molar-refractivity contribution in [2.24, 2.45) is 0 Å². The van der Waals surface area contributed by atoms with Gasteiger partial charge in [-0.1, -0.05) is 38.1 Å². The van der Waals surface area contributed by atoms with Crippen LogP contribution in [-0.4, -0.2) is 0 Å². The Morgan fingerprint density at radius 1 is 1.00 bits per heavy atom. The van der Waals surface area contributed by atoms with Crippen LogP contribution < -0.4 is 0 Å². The van der Waals surface area contributed by atoms with Crippen LogP contribution >= 0.6 is 0 Å². The van der Waals surface area contributed by atoms with Gasteiger partial charge in [-0.05, 0) is 24.0 Å². The molecule has 0 nitrogen and oxygen atoms in total. The molecule has 0 unspecified atom stereocenters. The molecule has 0 heteroatoms. The summed E-state index contributed by atoms with van der Waals surface area (Å²) in [4.78, 5) is 0. The van der Waals surface area contributed by atoms with Crippen LogP contribution in [0.3, 0.4) is 0 Å². The maximum Gasteiger partial charge on any atom is -0.0307 e. The van der Waals surface area contributed by atoms with E-state index in [2.05, 4.69) is 51.0 Å². The van der Waals surface area contributed by atoms with Crippen molar-refractivity contribution >= 4 is 0 Å². The molecule has 0 saturated carbocycles. The summed E-state index contributed by atoms with van der Waals surface area (Å²) < 4.78 is 0. The quantitative estimate of drug-likeness (QED) is 0.583. The highest BCUT2D eigenvalue weighted by molar-refractivity contribution is 5.23. The number of terminal acetylenes is 1. The summed E-state index contributed by atoms with van der Waals surface area (Å²) in [6.07, 6.45) is 10.3. The van der Waals surface area contributed by atoms with E-state index in [4.69, 9.17) is 0 Å². The van der Waals surface area contributed by atoms with Gasteiger partial charge in [0.2, 0.25) is 0 Å². The highest BCUT2D eigenvalue weighted by Crippen LogP contribution is 2.05. The zero-order valence-electron chi connectivity index (χ0n) is 7.88. The van der Waals surface area contributed by atoms with Crippen LogP contribution in [0.15, 0.2) is 24.3 Å². The van der Waals surface area contributed by atoms with Crippen molar-refractivity contribution in [2.75, 3.05) is 0 Å². The first-order chi connectivity index (χ1) is 5.86. The minimum Gasteiger partial charge on any atom is -0.124 e. The Morgan fingerprint density at radius 2 is 1.42 bits per heavy atom. The van der Waals surface area contributed by atoms with E-state index in [1.165, 1.54) is 11.1 Å².